The van der Waals surface area contributed by atoms with E-state index in [-0.39, 0.29) is 6.42 Å². The van der Waals surface area contributed by atoms with Gasteiger partial charge in [0.05, 0.1) is 19.2 Å². The van der Waals surface area contributed by atoms with Crippen LogP contribution in [0.5, 0.6) is 0 Å². The fraction of sp³-hybridized carbons (Fsp3) is 0.300. The van der Waals surface area contributed by atoms with E-state index in [1.165, 1.54) is 11.6 Å². The molecule has 2 aromatic rings. The van der Waals surface area contributed by atoms with Crippen LogP contribution in [0.3, 0.4) is 0 Å². The zero-order valence-electron chi connectivity index (χ0n) is 8.70. The predicted molar refractivity (Wildman–Crippen MR) is 54.6 cm³/mol. The van der Waals surface area contributed by atoms with E-state index in [1.807, 2.05) is 0 Å². The number of carbonyl (C=O) groups is 1. The van der Waals surface area contributed by atoms with Gasteiger partial charge >= 0.3 is 5.97 Å². The van der Waals surface area contributed by atoms with Gasteiger partial charge in [-0.1, -0.05) is 0 Å². The summed E-state index contributed by atoms with van der Waals surface area (Å²) in [6, 6.07) is 3.37. The van der Waals surface area contributed by atoms with Crippen LogP contribution in [0.25, 0.3) is 5.65 Å². The Labute approximate surface area is 91.5 Å². The number of ether oxygens (including phenoxy) is 1. The highest BCUT2D eigenvalue weighted by Gasteiger charge is 2.16. The molecule has 0 radical (unpaired) electrons. The second-order valence-electron chi connectivity index (χ2n) is 3.29. The minimum absolute atomic E-state index is 0.111. The molecule has 0 fully saturated rings. The zero-order valence-corrected chi connectivity index (χ0v) is 8.70. The molecular weight excluding hydrogens is 210 g/mol. The van der Waals surface area contributed by atoms with Gasteiger partial charge in [0.25, 0.3) is 0 Å². The smallest absolute Gasteiger partial charge is 0.308 e. The topological polar surface area (TPSA) is 76.7 Å². The van der Waals surface area contributed by atoms with Crippen LogP contribution in [0.15, 0.2) is 24.5 Å². The van der Waals surface area contributed by atoms with E-state index in [2.05, 4.69) is 14.8 Å². The van der Waals surface area contributed by atoms with Crippen LogP contribution in [-0.4, -0.2) is 32.8 Å². The normalized spacial score (nSPS) is 12.6. The lowest BCUT2D eigenvalue weighted by Crippen LogP contribution is -2.08. The maximum absolute atomic E-state index is 11.0. The minimum Gasteiger partial charge on any atom is -0.469 e. The highest BCUT2D eigenvalue weighted by atomic mass is 16.5. The SMILES string of the molecule is COC(=O)C[C@@H](O)c1cc2ncccn2n1. The van der Waals surface area contributed by atoms with E-state index >= 15 is 0 Å². The lowest BCUT2D eigenvalue weighted by Gasteiger charge is -2.04. The van der Waals surface area contributed by atoms with Crippen molar-refractivity contribution in [2.45, 2.75) is 12.5 Å². The van der Waals surface area contributed by atoms with Crippen molar-refractivity contribution in [3.8, 4) is 0 Å². The Morgan fingerprint density at radius 2 is 2.50 bits per heavy atom. The van der Waals surface area contributed by atoms with E-state index in [0.29, 0.717) is 11.3 Å². The molecule has 16 heavy (non-hydrogen) atoms. The lowest BCUT2D eigenvalue weighted by atomic mass is 10.2. The third-order valence-electron chi connectivity index (χ3n) is 2.18. The fourth-order valence-corrected chi connectivity index (χ4v) is 1.36. The van der Waals surface area contributed by atoms with Gasteiger partial charge in [-0.2, -0.15) is 5.10 Å². The molecule has 6 heteroatoms. The lowest BCUT2D eigenvalue weighted by molar-refractivity contribution is -0.142. The summed E-state index contributed by atoms with van der Waals surface area (Å²) in [6.07, 6.45) is 2.28. The summed E-state index contributed by atoms with van der Waals surface area (Å²) in [7, 11) is 1.28. The summed E-state index contributed by atoms with van der Waals surface area (Å²) in [6.45, 7) is 0. The predicted octanol–water partition coefficient (Wildman–Crippen LogP) is 0.326. The molecule has 0 aliphatic rings. The molecule has 1 N–H and O–H groups in total. The third kappa shape index (κ3) is 2.01. The molecular formula is C10H11N3O3. The largest absolute Gasteiger partial charge is 0.469 e. The Kier molecular flexibility index (Phi) is 2.82. The van der Waals surface area contributed by atoms with Crippen molar-refractivity contribution in [1.29, 1.82) is 0 Å². The average molecular weight is 221 g/mol. The molecule has 0 unspecified atom stereocenters. The number of aliphatic hydroxyl groups is 1. The summed E-state index contributed by atoms with van der Waals surface area (Å²) in [5.41, 5.74) is 1.03. The Morgan fingerprint density at radius 3 is 3.19 bits per heavy atom. The van der Waals surface area contributed by atoms with Crippen molar-refractivity contribution in [3.63, 3.8) is 0 Å². The van der Waals surface area contributed by atoms with Gasteiger partial charge in [0.2, 0.25) is 0 Å². The van der Waals surface area contributed by atoms with E-state index in [0.717, 1.165) is 0 Å². The molecule has 84 valence electrons. The molecule has 0 saturated heterocycles. The van der Waals surface area contributed by atoms with Crippen LogP contribution in [0.1, 0.15) is 18.2 Å². The molecule has 0 aromatic carbocycles. The first-order valence-corrected chi connectivity index (χ1v) is 4.76. The summed E-state index contributed by atoms with van der Waals surface area (Å²) in [4.78, 5) is 15.0. The standard InChI is InChI=1S/C10H11N3O3/c1-16-10(15)6-8(14)7-5-9-11-3-2-4-13(9)12-7/h2-5,8,14H,6H2,1H3/t8-/m1/s1. The number of aliphatic hydroxyl groups excluding tert-OH is 1. The number of hydrogen-bond acceptors (Lipinski definition) is 5. The monoisotopic (exact) mass is 221 g/mol. The van der Waals surface area contributed by atoms with Crippen LogP contribution in [-0.2, 0) is 9.53 Å². The summed E-state index contributed by atoms with van der Waals surface area (Å²) >= 11 is 0. The molecule has 2 aromatic heterocycles. The molecule has 2 heterocycles. The van der Waals surface area contributed by atoms with E-state index in [9.17, 15) is 9.90 Å². The molecule has 0 aliphatic heterocycles. The second-order valence-corrected chi connectivity index (χ2v) is 3.29. The highest BCUT2D eigenvalue weighted by molar-refractivity contribution is 5.70. The highest BCUT2D eigenvalue weighted by Crippen LogP contribution is 2.16. The van der Waals surface area contributed by atoms with Crippen molar-refractivity contribution in [2.24, 2.45) is 0 Å². The molecule has 0 aliphatic carbocycles. The van der Waals surface area contributed by atoms with Gasteiger partial charge < -0.3 is 9.84 Å². The van der Waals surface area contributed by atoms with Crippen molar-refractivity contribution in [3.05, 3.63) is 30.2 Å². The summed E-state index contributed by atoms with van der Waals surface area (Å²) in [5.74, 6) is -0.475. The number of fused-ring (bicyclic) bond motifs is 1. The minimum atomic E-state index is -0.964. The maximum atomic E-state index is 11.0. The van der Waals surface area contributed by atoms with Crippen molar-refractivity contribution in [1.82, 2.24) is 14.6 Å². The molecule has 0 bridgehead atoms. The molecule has 0 amide bonds. The number of rotatable bonds is 3. The fourth-order valence-electron chi connectivity index (χ4n) is 1.36. The van der Waals surface area contributed by atoms with Crippen molar-refractivity contribution in [2.75, 3.05) is 7.11 Å². The molecule has 0 spiro atoms. The van der Waals surface area contributed by atoms with Gasteiger partial charge in [0, 0.05) is 18.5 Å². The molecule has 6 nitrogen and oxygen atoms in total. The zero-order chi connectivity index (χ0) is 11.5. The number of esters is 1. The van der Waals surface area contributed by atoms with Gasteiger partial charge in [-0.25, -0.2) is 9.50 Å². The summed E-state index contributed by atoms with van der Waals surface area (Å²) < 4.78 is 6.00. The van der Waals surface area contributed by atoms with Crippen LogP contribution in [0.2, 0.25) is 0 Å². The van der Waals surface area contributed by atoms with Gasteiger partial charge in [0.15, 0.2) is 5.65 Å². The van der Waals surface area contributed by atoms with Gasteiger partial charge in [-0.05, 0) is 6.07 Å². The number of hydrogen-bond donors (Lipinski definition) is 1. The van der Waals surface area contributed by atoms with E-state index in [4.69, 9.17) is 0 Å². The first-order chi connectivity index (χ1) is 7.70. The van der Waals surface area contributed by atoms with Gasteiger partial charge in [0.1, 0.15) is 6.10 Å². The first-order valence-electron chi connectivity index (χ1n) is 4.76. The Hall–Kier alpha value is -1.95. The van der Waals surface area contributed by atoms with Crippen LogP contribution >= 0.6 is 0 Å². The average Bonchev–Trinajstić information content (AvgIpc) is 2.72. The van der Waals surface area contributed by atoms with Crippen LogP contribution < -0.4 is 0 Å². The molecule has 2 rings (SSSR count). The quantitative estimate of drug-likeness (QED) is 0.755. The van der Waals surface area contributed by atoms with E-state index < -0.39 is 12.1 Å². The third-order valence-corrected chi connectivity index (χ3v) is 2.18. The Balaban J connectivity index is 2.23. The van der Waals surface area contributed by atoms with Gasteiger partial charge in [-0.15, -0.1) is 0 Å². The first kappa shape index (κ1) is 10.6. The Morgan fingerprint density at radius 1 is 1.69 bits per heavy atom. The molecule has 1 atom stereocenters. The van der Waals surface area contributed by atoms with Crippen molar-refractivity contribution >= 4 is 11.6 Å². The van der Waals surface area contributed by atoms with Crippen molar-refractivity contribution < 1.29 is 14.6 Å². The number of aromatic nitrogens is 3. The second kappa shape index (κ2) is 4.28. The van der Waals surface area contributed by atoms with Gasteiger partial charge in [-0.3, -0.25) is 4.79 Å². The Bertz CT molecular complexity index is 476. The number of nitrogens with zero attached hydrogens (tertiary/aromatic N) is 3. The summed E-state index contributed by atoms with van der Waals surface area (Å²) in [5, 5.41) is 13.8. The number of carbonyl (C=O) groups excluding carboxylic acids is 1. The molecule has 0 saturated carbocycles. The maximum Gasteiger partial charge on any atom is 0.308 e. The van der Waals surface area contributed by atoms with Crippen LogP contribution in [0, 0.1) is 0 Å². The number of methoxy groups -OCH3 is 1. The van der Waals surface area contributed by atoms with Crippen LogP contribution in [0.4, 0.5) is 0 Å². The van der Waals surface area contributed by atoms with E-state index in [1.54, 1.807) is 24.5 Å².